The summed E-state index contributed by atoms with van der Waals surface area (Å²) >= 11 is 1.12. The van der Waals surface area contributed by atoms with Crippen molar-refractivity contribution in [3.63, 3.8) is 0 Å². The van der Waals surface area contributed by atoms with Crippen LogP contribution in [-0.2, 0) is 0 Å². The molecule has 0 bridgehead atoms. The number of anilines is 1. The molecule has 0 amide bonds. The highest BCUT2D eigenvalue weighted by Crippen LogP contribution is 2.37. The molecule has 3 heterocycles. The summed E-state index contributed by atoms with van der Waals surface area (Å²) < 4.78 is 5.50. The van der Waals surface area contributed by atoms with E-state index in [4.69, 9.17) is 12.3 Å². The van der Waals surface area contributed by atoms with Crippen LogP contribution in [0.25, 0.3) is 10.8 Å². The van der Waals surface area contributed by atoms with E-state index in [1.165, 1.54) is 4.68 Å². The summed E-state index contributed by atoms with van der Waals surface area (Å²) in [6.07, 6.45) is 3.20. The van der Waals surface area contributed by atoms with Crippen molar-refractivity contribution in [1.29, 1.82) is 0 Å². The molecule has 0 fully saturated rings. The first-order chi connectivity index (χ1) is 11.1. The lowest BCUT2D eigenvalue weighted by molar-refractivity contribution is 0.805. The number of nitrogens with two attached hydrogens (primary N) is 1. The molecular formula is C13H11N9S. The van der Waals surface area contributed by atoms with Gasteiger partial charge in [0.2, 0.25) is 5.69 Å². The maximum absolute atomic E-state index is 7.16. The lowest BCUT2D eigenvalue weighted by Crippen LogP contribution is -2.05. The van der Waals surface area contributed by atoms with Gasteiger partial charge in [-0.05, 0) is 31.4 Å². The van der Waals surface area contributed by atoms with Crippen molar-refractivity contribution in [2.24, 2.45) is 10.2 Å². The largest absolute Gasteiger partial charge is 0.382 e. The summed E-state index contributed by atoms with van der Waals surface area (Å²) in [5.74, 6) is 0.632. The number of hydrogen-bond acceptors (Lipinski definition) is 8. The normalized spacial score (nSPS) is 11.0. The molecule has 114 valence electrons. The maximum Gasteiger partial charge on any atom is 0.252 e. The van der Waals surface area contributed by atoms with Gasteiger partial charge in [0.25, 0.3) is 5.95 Å². The van der Waals surface area contributed by atoms with Crippen molar-refractivity contribution in [2.75, 3.05) is 5.73 Å². The van der Waals surface area contributed by atoms with Gasteiger partial charge in [-0.25, -0.2) is 19.2 Å². The first-order valence-electron chi connectivity index (χ1n) is 6.49. The Balaban J connectivity index is 2.00. The van der Waals surface area contributed by atoms with E-state index in [9.17, 15) is 0 Å². The summed E-state index contributed by atoms with van der Waals surface area (Å²) in [6.45, 7) is 10.7. The highest BCUT2D eigenvalue weighted by Gasteiger charge is 2.16. The molecule has 0 aromatic carbocycles. The Bertz CT molecular complexity index is 917. The molecule has 3 rings (SSSR count). The van der Waals surface area contributed by atoms with E-state index in [0.717, 1.165) is 11.5 Å². The van der Waals surface area contributed by atoms with E-state index >= 15 is 0 Å². The van der Waals surface area contributed by atoms with Crippen molar-refractivity contribution >= 4 is 33.7 Å². The molecule has 0 saturated heterocycles. The molecule has 2 N–H and O–H groups in total. The van der Waals surface area contributed by atoms with E-state index in [2.05, 4.69) is 34.5 Å². The Morgan fingerprint density at radius 2 is 1.96 bits per heavy atom. The Morgan fingerprint density at radius 1 is 1.22 bits per heavy atom. The van der Waals surface area contributed by atoms with Crippen molar-refractivity contribution in [2.45, 2.75) is 13.8 Å². The van der Waals surface area contributed by atoms with Crippen molar-refractivity contribution in [1.82, 2.24) is 24.1 Å². The fourth-order valence-electron chi connectivity index (χ4n) is 1.86. The third-order valence-corrected chi connectivity index (χ3v) is 3.79. The average Bonchev–Trinajstić information content (AvgIpc) is 3.06. The highest BCUT2D eigenvalue weighted by atomic mass is 32.1. The molecule has 3 aromatic rings. The second-order valence-electron chi connectivity index (χ2n) is 4.51. The van der Waals surface area contributed by atoms with Crippen molar-refractivity contribution < 1.29 is 0 Å². The van der Waals surface area contributed by atoms with Crippen LogP contribution in [0.1, 0.15) is 11.4 Å². The molecule has 23 heavy (non-hydrogen) atoms. The minimum atomic E-state index is 0.281. The van der Waals surface area contributed by atoms with E-state index in [1.54, 1.807) is 32.3 Å². The summed E-state index contributed by atoms with van der Waals surface area (Å²) in [5.41, 5.74) is 8.11. The second-order valence-corrected chi connectivity index (χ2v) is 5.27. The van der Waals surface area contributed by atoms with Crippen LogP contribution in [0.2, 0.25) is 0 Å². The number of rotatable bonds is 3. The highest BCUT2D eigenvalue weighted by molar-refractivity contribution is 7.10. The Kier molecular flexibility index (Phi) is 3.78. The minimum absolute atomic E-state index is 0.281. The van der Waals surface area contributed by atoms with Gasteiger partial charge in [0.05, 0.1) is 18.0 Å². The van der Waals surface area contributed by atoms with Gasteiger partial charge in [-0.2, -0.15) is 9.78 Å². The van der Waals surface area contributed by atoms with Crippen LogP contribution < -0.4 is 5.73 Å². The van der Waals surface area contributed by atoms with E-state index in [0.29, 0.717) is 33.7 Å². The van der Waals surface area contributed by atoms with Gasteiger partial charge < -0.3 is 5.73 Å². The van der Waals surface area contributed by atoms with Crippen LogP contribution in [0.15, 0.2) is 28.7 Å². The third-order valence-electron chi connectivity index (χ3n) is 2.97. The van der Waals surface area contributed by atoms with Crippen molar-refractivity contribution in [3.8, 4) is 5.95 Å². The molecule has 0 spiro atoms. The summed E-state index contributed by atoms with van der Waals surface area (Å²) in [5, 5.41) is 12.9. The number of azo groups is 1. The molecule has 9 nitrogen and oxygen atoms in total. The number of nitrogen functional groups attached to an aromatic ring is 1. The quantitative estimate of drug-likeness (QED) is 0.586. The summed E-state index contributed by atoms with van der Waals surface area (Å²) in [4.78, 5) is 11.6. The smallest absolute Gasteiger partial charge is 0.252 e. The number of aromatic nitrogens is 5. The molecule has 0 aliphatic carbocycles. The van der Waals surface area contributed by atoms with E-state index < -0.39 is 0 Å². The Hall–Kier alpha value is -3.19. The summed E-state index contributed by atoms with van der Waals surface area (Å²) in [6, 6.07) is 1.70. The van der Waals surface area contributed by atoms with E-state index in [1.807, 2.05) is 0 Å². The van der Waals surface area contributed by atoms with Gasteiger partial charge in [-0.1, -0.05) is 0 Å². The minimum Gasteiger partial charge on any atom is -0.382 e. The standard InChI is InChI=1S/C13H11N9S/c1-7-9(18-19-12-10(15-3)8(2)21-23-12)11(14)22(20-7)13-16-5-4-6-17-13/h4-6H,14H2,1-2H3. The monoisotopic (exact) mass is 325 g/mol. The maximum atomic E-state index is 7.16. The van der Waals surface area contributed by atoms with Crippen LogP contribution in [0, 0.1) is 20.4 Å². The fourth-order valence-corrected chi connectivity index (χ4v) is 2.52. The number of nitrogens with zero attached hydrogens (tertiary/aromatic N) is 8. The number of aryl methyl sites for hydroxylation is 2. The molecule has 0 atom stereocenters. The third kappa shape index (κ3) is 2.65. The molecule has 0 aliphatic heterocycles. The van der Waals surface area contributed by atoms with Gasteiger partial charge in [-0.3, -0.25) is 0 Å². The van der Waals surface area contributed by atoms with Gasteiger partial charge in [-0.15, -0.1) is 10.2 Å². The number of hydrogen-bond donors (Lipinski definition) is 1. The molecule has 3 aromatic heterocycles. The summed E-state index contributed by atoms with van der Waals surface area (Å²) in [7, 11) is 0. The second kappa shape index (κ2) is 5.90. The molecule has 0 saturated carbocycles. The zero-order valence-electron chi connectivity index (χ0n) is 12.3. The van der Waals surface area contributed by atoms with Gasteiger partial charge in [0.1, 0.15) is 0 Å². The molecule has 0 unspecified atom stereocenters. The predicted molar refractivity (Wildman–Crippen MR) is 85.6 cm³/mol. The molecular weight excluding hydrogens is 314 g/mol. The fraction of sp³-hybridized carbons (Fsp3) is 0.154. The van der Waals surface area contributed by atoms with Crippen LogP contribution in [0.4, 0.5) is 22.2 Å². The zero-order valence-corrected chi connectivity index (χ0v) is 13.1. The van der Waals surface area contributed by atoms with Crippen molar-refractivity contribution in [3.05, 3.63) is 41.3 Å². The Labute approximate surface area is 135 Å². The first-order valence-corrected chi connectivity index (χ1v) is 7.27. The van der Waals surface area contributed by atoms with E-state index in [-0.39, 0.29) is 5.82 Å². The Morgan fingerprint density at radius 3 is 2.65 bits per heavy atom. The topological polar surface area (TPSA) is 112 Å². The predicted octanol–water partition coefficient (Wildman–Crippen LogP) is 3.28. The first kappa shape index (κ1) is 14.7. The molecule has 0 aliphatic rings. The zero-order chi connectivity index (χ0) is 16.4. The SMILES string of the molecule is [C-]#[N+]c1c(C)nsc1N=Nc1c(C)nn(-c2ncccn2)c1N. The van der Waals surface area contributed by atoms with Crippen LogP contribution >= 0.6 is 11.5 Å². The van der Waals surface area contributed by atoms with Crippen LogP contribution in [-0.4, -0.2) is 24.1 Å². The lowest BCUT2D eigenvalue weighted by atomic mass is 10.4. The van der Waals surface area contributed by atoms with Gasteiger partial charge in [0.15, 0.2) is 16.5 Å². The molecule has 0 radical (unpaired) electrons. The lowest BCUT2D eigenvalue weighted by Gasteiger charge is -2.00. The van der Waals surface area contributed by atoms with Crippen LogP contribution in [0.3, 0.4) is 0 Å². The van der Waals surface area contributed by atoms with Crippen LogP contribution in [0.5, 0.6) is 0 Å². The van der Waals surface area contributed by atoms with Gasteiger partial charge in [0, 0.05) is 12.4 Å². The molecule has 10 heteroatoms. The average molecular weight is 325 g/mol. The van der Waals surface area contributed by atoms with Gasteiger partial charge >= 0.3 is 0 Å².